The molecule has 0 radical (unpaired) electrons. The third-order valence-corrected chi connectivity index (χ3v) is 2.49. The average Bonchev–Trinajstić information content (AvgIpc) is 2.59. The number of H-pyrrole nitrogens is 1. The Morgan fingerprint density at radius 3 is 2.76 bits per heavy atom. The molecule has 0 spiro atoms. The number of nitrogens with zero attached hydrogens (tertiary/aromatic N) is 1. The molecule has 1 aromatic heterocycles. The highest BCUT2D eigenvalue weighted by Crippen LogP contribution is 2.30. The Hall–Kier alpha value is -1.84. The molecule has 4 heteroatoms. The van der Waals surface area contributed by atoms with Gasteiger partial charge in [-0.3, -0.25) is 5.10 Å². The van der Waals surface area contributed by atoms with E-state index in [0.29, 0.717) is 0 Å². The number of halogens is 1. The molecule has 0 fully saturated rings. The Labute approximate surface area is 100 Å². The van der Waals surface area contributed by atoms with Gasteiger partial charge < -0.3 is 5.32 Å². The predicted octanol–water partition coefficient (Wildman–Crippen LogP) is 3.34. The summed E-state index contributed by atoms with van der Waals surface area (Å²) in [4.78, 5) is 0. The van der Waals surface area contributed by atoms with Gasteiger partial charge in [0, 0.05) is 17.3 Å². The maximum Gasteiger partial charge on any atom is 0.156 e. The minimum absolute atomic E-state index is 0.237. The summed E-state index contributed by atoms with van der Waals surface area (Å²) in [6.45, 7) is 6.01. The smallest absolute Gasteiger partial charge is 0.156 e. The first kappa shape index (κ1) is 11.6. The molecule has 1 aromatic carbocycles. The predicted molar refractivity (Wildman–Crippen MR) is 67.5 cm³/mol. The number of nitrogens with one attached hydrogen (secondary N) is 2. The van der Waals surface area contributed by atoms with Crippen molar-refractivity contribution in [2.24, 2.45) is 0 Å². The van der Waals surface area contributed by atoms with Gasteiger partial charge in [0.1, 0.15) is 5.82 Å². The van der Waals surface area contributed by atoms with Crippen LogP contribution >= 0.6 is 0 Å². The highest BCUT2D eigenvalue weighted by atomic mass is 19.1. The normalized spacial score (nSPS) is 10.9. The fourth-order valence-corrected chi connectivity index (χ4v) is 1.80. The first-order valence-corrected chi connectivity index (χ1v) is 5.65. The lowest BCUT2D eigenvalue weighted by Crippen LogP contribution is -2.10. The molecule has 0 aliphatic rings. The molecule has 17 heavy (non-hydrogen) atoms. The van der Waals surface area contributed by atoms with Crippen LogP contribution in [0.25, 0.3) is 11.1 Å². The summed E-state index contributed by atoms with van der Waals surface area (Å²) in [6.07, 6.45) is 0. The Kier molecular flexibility index (Phi) is 3.13. The van der Waals surface area contributed by atoms with Gasteiger partial charge in [-0.1, -0.05) is 12.1 Å². The molecule has 2 rings (SSSR count). The van der Waals surface area contributed by atoms with E-state index in [1.807, 2.05) is 26.8 Å². The van der Waals surface area contributed by atoms with Gasteiger partial charge in [-0.2, -0.15) is 5.10 Å². The van der Waals surface area contributed by atoms with Gasteiger partial charge in [0.05, 0.1) is 0 Å². The number of aromatic nitrogens is 2. The molecule has 0 aliphatic heterocycles. The van der Waals surface area contributed by atoms with Gasteiger partial charge in [-0.15, -0.1) is 0 Å². The zero-order valence-electron chi connectivity index (χ0n) is 10.2. The summed E-state index contributed by atoms with van der Waals surface area (Å²) in [7, 11) is 0. The molecular weight excluding hydrogens is 217 g/mol. The van der Waals surface area contributed by atoms with Crippen LogP contribution in [0.3, 0.4) is 0 Å². The van der Waals surface area contributed by atoms with Crippen LogP contribution in [0, 0.1) is 12.7 Å². The Balaban J connectivity index is 2.47. The topological polar surface area (TPSA) is 40.7 Å². The SMILES string of the molecule is Cc1[nH]nc(NC(C)C)c1-c1cccc(F)c1. The van der Waals surface area contributed by atoms with Crippen LogP contribution in [-0.4, -0.2) is 16.2 Å². The third-order valence-electron chi connectivity index (χ3n) is 2.49. The highest BCUT2D eigenvalue weighted by molar-refractivity contribution is 5.77. The molecule has 2 N–H and O–H groups in total. The first-order chi connectivity index (χ1) is 8.08. The quantitative estimate of drug-likeness (QED) is 0.853. The van der Waals surface area contributed by atoms with Crippen molar-refractivity contribution in [3.63, 3.8) is 0 Å². The Morgan fingerprint density at radius 1 is 1.35 bits per heavy atom. The van der Waals surface area contributed by atoms with Crippen molar-refractivity contribution in [3.05, 3.63) is 35.8 Å². The largest absolute Gasteiger partial charge is 0.366 e. The summed E-state index contributed by atoms with van der Waals surface area (Å²) in [5.74, 6) is 0.529. The van der Waals surface area contributed by atoms with E-state index in [0.717, 1.165) is 22.6 Å². The van der Waals surface area contributed by atoms with Crippen molar-refractivity contribution in [2.75, 3.05) is 5.32 Å². The van der Waals surface area contributed by atoms with E-state index in [1.54, 1.807) is 6.07 Å². The molecule has 0 aliphatic carbocycles. The number of hydrogen-bond donors (Lipinski definition) is 2. The molecule has 0 atom stereocenters. The first-order valence-electron chi connectivity index (χ1n) is 5.65. The second-order valence-corrected chi connectivity index (χ2v) is 4.38. The van der Waals surface area contributed by atoms with E-state index in [4.69, 9.17) is 0 Å². The number of aryl methyl sites for hydroxylation is 1. The Morgan fingerprint density at radius 2 is 2.12 bits per heavy atom. The van der Waals surface area contributed by atoms with Crippen LogP contribution in [0.2, 0.25) is 0 Å². The van der Waals surface area contributed by atoms with Crippen molar-refractivity contribution in [1.29, 1.82) is 0 Å². The molecule has 1 heterocycles. The van der Waals surface area contributed by atoms with Crippen LogP contribution in [0.5, 0.6) is 0 Å². The molecule has 0 saturated heterocycles. The van der Waals surface area contributed by atoms with Crippen LogP contribution in [0.4, 0.5) is 10.2 Å². The third kappa shape index (κ3) is 2.46. The molecule has 90 valence electrons. The van der Waals surface area contributed by atoms with Crippen molar-refractivity contribution in [1.82, 2.24) is 10.2 Å². The molecule has 3 nitrogen and oxygen atoms in total. The lowest BCUT2D eigenvalue weighted by atomic mass is 10.1. The van der Waals surface area contributed by atoms with Crippen LogP contribution < -0.4 is 5.32 Å². The van der Waals surface area contributed by atoms with Crippen LogP contribution in [-0.2, 0) is 0 Å². The number of benzene rings is 1. The van der Waals surface area contributed by atoms with Gasteiger partial charge in [0.15, 0.2) is 5.82 Å². The van der Waals surface area contributed by atoms with Crippen molar-refractivity contribution >= 4 is 5.82 Å². The van der Waals surface area contributed by atoms with Crippen LogP contribution in [0.1, 0.15) is 19.5 Å². The Bertz CT molecular complexity index is 517. The van der Waals surface area contributed by atoms with Gasteiger partial charge >= 0.3 is 0 Å². The van der Waals surface area contributed by atoms with Crippen molar-refractivity contribution < 1.29 is 4.39 Å². The molecule has 0 bridgehead atoms. The molecule has 0 unspecified atom stereocenters. The average molecular weight is 233 g/mol. The van der Waals surface area contributed by atoms with Crippen LogP contribution in [0.15, 0.2) is 24.3 Å². The molecule has 0 saturated carbocycles. The second kappa shape index (κ2) is 4.57. The maximum absolute atomic E-state index is 13.2. The van der Waals surface area contributed by atoms with Gasteiger partial charge in [-0.05, 0) is 38.5 Å². The van der Waals surface area contributed by atoms with Gasteiger partial charge in [-0.25, -0.2) is 4.39 Å². The zero-order valence-corrected chi connectivity index (χ0v) is 10.2. The standard InChI is InChI=1S/C13H16FN3/c1-8(2)15-13-12(9(3)16-17-13)10-5-4-6-11(14)7-10/h4-8H,1-3H3,(H2,15,16,17). The van der Waals surface area contributed by atoms with Crippen molar-refractivity contribution in [2.45, 2.75) is 26.8 Å². The maximum atomic E-state index is 13.2. The minimum atomic E-state index is -0.237. The number of anilines is 1. The van der Waals surface area contributed by atoms with E-state index >= 15 is 0 Å². The number of aromatic amines is 1. The summed E-state index contributed by atoms with van der Waals surface area (Å²) in [5, 5.41) is 10.4. The molecule has 0 amide bonds. The van der Waals surface area contributed by atoms with E-state index in [1.165, 1.54) is 12.1 Å². The summed E-state index contributed by atoms with van der Waals surface area (Å²) in [5.41, 5.74) is 2.69. The monoisotopic (exact) mass is 233 g/mol. The zero-order chi connectivity index (χ0) is 12.4. The van der Waals surface area contributed by atoms with Gasteiger partial charge in [0.25, 0.3) is 0 Å². The summed E-state index contributed by atoms with van der Waals surface area (Å²) < 4.78 is 13.2. The highest BCUT2D eigenvalue weighted by Gasteiger charge is 2.13. The van der Waals surface area contributed by atoms with E-state index in [2.05, 4.69) is 15.5 Å². The van der Waals surface area contributed by atoms with E-state index < -0.39 is 0 Å². The molecule has 2 aromatic rings. The van der Waals surface area contributed by atoms with Crippen molar-refractivity contribution in [3.8, 4) is 11.1 Å². The molecular formula is C13H16FN3. The minimum Gasteiger partial charge on any atom is -0.366 e. The summed E-state index contributed by atoms with van der Waals surface area (Å²) in [6, 6.07) is 6.82. The van der Waals surface area contributed by atoms with E-state index in [9.17, 15) is 4.39 Å². The lowest BCUT2D eigenvalue weighted by molar-refractivity contribution is 0.628. The number of rotatable bonds is 3. The fraction of sp³-hybridized carbons (Fsp3) is 0.308. The number of hydrogen-bond acceptors (Lipinski definition) is 2. The fourth-order valence-electron chi connectivity index (χ4n) is 1.80. The lowest BCUT2D eigenvalue weighted by Gasteiger charge is -2.09. The van der Waals surface area contributed by atoms with Gasteiger partial charge in [0.2, 0.25) is 0 Å². The summed E-state index contributed by atoms with van der Waals surface area (Å²) >= 11 is 0. The second-order valence-electron chi connectivity index (χ2n) is 4.38. The van der Waals surface area contributed by atoms with E-state index in [-0.39, 0.29) is 11.9 Å².